The second-order valence-corrected chi connectivity index (χ2v) is 5.53. The Morgan fingerprint density at radius 3 is 2.95 bits per heavy atom. The molecule has 3 N–H and O–H groups in total. The number of nitrogens with zero attached hydrogens (tertiary/aromatic N) is 2. The summed E-state index contributed by atoms with van der Waals surface area (Å²) in [7, 11) is 1.76. The molecule has 1 saturated heterocycles. The first-order valence-corrected chi connectivity index (χ1v) is 6.92. The van der Waals surface area contributed by atoms with Crippen molar-refractivity contribution in [1.82, 2.24) is 4.90 Å². The maximum absolute atomic E-state index is 12.5. The summed E-state index contributed by atoms with van der Waals surface area (Å²) in [5, 5.41) is 11.7. The Kier molecular flexibility index (Phi) is 4.47. The van der Waals surface area contributed by atoms with Crippen molar-refractivity contribution in [1.29, 1.82) is 0 Å². The van der Waals surface area contributed by atoms with E-state index >= 15 is 0 Å². The maximum Gasteiger partial charge on any atom is 0.254 e. The highest BCUT2D eigenvalue weighted by Gasteiger charge is 2.39. The zero-order chi connectivity index (χ0) is 15.5. The molecule has 1 fully saturated rings. The highest BCUT2D eigenvalue weighted by molar-refractivity contribution is 5.97. The lowest BCUT2D eigenvalue weighted by Crippen LogP contribution is -2.44. The molecule has 0 saturated carbocycles. The molecule has 2 rings (SSSR count). The molecule has 0 spiro atoms. The third-order valence-corrected chi connectivity index (χ3v) is 3.77. The Balaban J connectivity index is 2.09. The summed E-state index contributed by atoms with van der Waals surface area (Å²) in [6, 6.07) is 7.27. The van der Waals surface area contributed by atoms with E-state index in [0.29, 0.717) is 18.7 Å². The monoisotopic (exact) mass is 291 g/mol. The van der Waals surface area contributed by atoms with Gasteiger partial charge in [-0.2, -0.15) is 0 Å². The van der Waals surface area contributed by atoms with Gasteiger partial charge in [-0.3, -0.25) is 4.79 Å². The van der Waals surface area contributed by atoms with Gasteiger partial charge in [0.1, 0.15) is 5.60 Å². The number of likely N-dealkylation sites (N-methyl/N-ethyl adjacent to an activating group) is 1. The molecule has 0 radical (unpaired) electrons. The van der Waals surface area contributed by atoms with Crippen molar-refractivity contribution in [2.45, 2.75) is 31.9 Å². The fourth-order valence-corrected chi connectivity index (χ4v) is 2.58. The summed E-state index contributed by atoms with van der Waals surface area (Å²) >= 11 is 0. The summed E-state index contributed by atoms with van der Waals surface area (Å²) < 4.78 is 5.58. The van der Waals surface area contributed by atoms with Crippen molar-refractivity contribution >= 4 is 11.7 Å². The topological polar surface area (TPSA) is 88.1 Å². The highest BCUT2D eigenvalue weighted by atomic mass is 16.5. The van der Waals surface area contributed by atoms with Gasteiger partial charge < -0.3 is 20.6 Å². The van der Waals surface area contributed by atoms with Crippen molar-refractivity contribution in [3.8, 4) is 0 Å². The fraction of sp³-hybridized carbons (Fsp3) is 0.467. The summed E-state index contributed by atoms with van der Waals surface area (Å²) in [5.74, 6) is 0.0334. The van der Waals surface area contributed by atoms with Crippen LogP contribution in [0.15, 0.2) is 29.4 Å². The zero-order valence-electron chi connectivity index (χ0n) is 12.4. The van der Waals surface area contributed by atoms with Crippen LogP contribution in [0.2, 0.25) is 0 Å². The second-order valence-electron chi connectivity index (χ2n) is 5.53. The van der Waals surface area contributed by atoms with Crippen molar-refractivity contribution in [2.75, 3.05) is 13.7 Å². The van der Waals surface area contributed by atoms with Gasteiger partial charge in [-0.15, -0.1) is 0 Å². The standard InChI is InChI=1S/C15H21N3O3/c1-15(7-4-8-21-15)14(19)18(2)10-11-5-3-6-12(9-11)13(16)17-20/h3,5-6,9,20H,4,7-8,10H2,1-2H3,(H2,16,17). The Morgan fingerprint density at radius 1 is 1.57 bits per heavy atom. The first-order valence-electron chi connectivity index (χ1n) is 6.92. The van der Waals surface area contributed by atoms with Crippen LogP contribution in [0, 0.1) is 0 Å². The lowest BCUT2D eigenvalue weighted by molar-refractivity contribution is -0.150. The van der Waals surface area contributed by atoms with Crippen LogP contribution in [0.1, 0.15) is 30.9 Å². The number of ether oxygens (including phenoxy) is 1. The van der Waals surface area contributed by atoms with Crippen molar-refractivity contribution < 1.29 is 14.7 Å². The minimum atomic E-state index is -0.710. The van der Waals surface area contributed by atoms with Gasteiger partial charge in [0.2, 0.25) is 0 Å². The molecule has 1 atom stereocenters. The van der Waals surface area contributed by atoms with Crippen LogP contribution >= 0.6 is 0 Å². The number of oxime groups is 1. The third kappa shape index (κ3) is 3.33. The Bertz CT molecular complexity index is 551. The number of rotatable bonds is 4. The van der Waals surface area contributed by atoms with Crippen LogP contribution in [0.4, 0.5) is 0 Å². The molecule has 1 aromatic carbocycles. The number of hydrogen-bond acceptors (Lipinski definition) is 4. The van der Waals surface area contributed by atoms with E-state index in [9.17, 15) is 4.79 Å². The number of benzene rings is 1. The molecule has 114 valence electrons. The van der Waals surface area contributed by atoms with E-state index in [4.69, 9.17) is 15.7 Å². The van der Waals surface area contributed by atoms with E-state index in [2.05, 4.69) is 5.16 Å². The van der Waals surface area contributed by atoms with E-state index < -0.39 is 5.60 Å². The molecule has 1 aromatic rings. The van der Waals surface area contributed by atoms with E-state index in [1.807, 2.05) is 19.1 Å². The Labute approximate surface area is 124 Å². The molecule has 6 heteroatoms. The van der Waals surface area contributed by atoms with E-state index in [-0.39, 0.29) is 11.7 Å². The van der Waals surface area contributed by atoms with Crippen molar-refractivity contribution in [3.05, 3.63) is 35.4 Å². The number of amidine groups is 1. The number of carbonyl (C=O) groups is 1. The average molecular weight is 291 g/mol. The molecule has 6 nitrogen and oxygen atoms in total. The number of carbonyl (C=O) groups excluding carboxylic acids is 1. The second kappa shape index (κ2) is 6.13. The quantitative estimate of drug-likeness (QED) is 0.379. The molecule has 1 aliphatic rings. The van der Waals surface area contributed by atoms with Gasteiger partial charge >= 0.3 is 0 Å². The molecule has 1 unspecified atom stereocenters. The molecule has 0 aliphatic carbocycles. The van der Waals surface area contributed by atoms with Crippen LogP contribution in [0.3, 0.4) is 0 Å². The first kappa shape index (κ1) is 15.3. The van der Waals surface area contributed by atoms with Crippen LogP contribution in [-0.2, 0) is 16.1 Å². The number of nitrogens with two attached hydrogens (primary N) is 1. The van der Waals surface area contributed by atoms with E-state index in [0.717, 1.165) is 18.4 Å². The molecular formula is C15H21N3O3. The predicted molar refractivity (Wildman–Crippen MR) is 79.0 cm³/mol. The van der Waals surface area contributed by atoms with Crippen LogP contribution in [0.5, 0.6) is 0 Å². The lowest BCUT2D eigenvalue weighted by atomic mass is 10.0. The van der Waals surface area contributed by atoms with Gasteiger partial charge in [0.15, 0.2) is 5.84 Å². The summed E-state index contributed by atoms with van der Waals surface area (Å²) in [6.45, 7) is 2.92. The molecule has 1 heterocycles. The van der Waals surface area contributed by atoms with Crippen molar-refractivity contribution in [3.63, 3.8) is 0 Å². The number of hydrogen-bond donors (Lipinski definition) is 2. The SMILES string of the molecule is CN(Cc1cccc(/C(N)=N/O)c1)C(=O)C1(C)CCCO1. The summed E-state index contributed by atoms with van der Waals surface area (Å²) in [4.78, 5) is 14.1. The van der Waals surface area contributed by atoms with Gasteiger partial charge in [0.25, 0.3) is 5.91 Å². The minimum Gasteiger partial charge on any atom is -0.409 e. The van der Waals surface area contributed by atoms with Gasteiger partial charge in [-0.25, -0.2) is 0 Å². The van der Waals surface area contributed by atoms with Gasteiger partial charge in [-0.05, 0) is 31.4 Å². The normalized spacial score (nSPS) is 22.3. The van der Waals surface area contributed by atoms with E-state index in [1.165, 1.54) is 0 Å². The smallest absolute Gasteiger partial charge is 0.254 e. The van der Waals surface area contributed by atoms with Crippen molar-refractivity contribution in [2.24, 2.45) is 10.9 Å². The third-order valence-electron chi connectivity index (χ3n) is 3.77. The molecule has 0 aromatic heterocycles. The molecular weight excluding hydrogens is 270 g/mol. The zero-order valence-corrected chi connectivity index (χ0v) is 12.4. The van der Waals surface area contributed by atoms with Crippen LogP contribution in [0.25, 0.3) is 0 Å². The maximum atomic E-state index is 12.5. The first-order chi connectivity index (χ1) is 9.96. The molecule has 21 heavy (non-hydrogen) atoms. The molecule has 0 bridgehead atoms. The van der Waals surface area contributed by atoms with Gasteiger partial charge in [0, 0.05) is 25.8 Å². The average Bonchev–Trinajstić information content (AvgIpc) is 2.93. The number of amides is 1. The molecule has 1 aliphatic heterocycles. The van der Waals surface area contributed by atoms with Crippen LogP contribution < -0.4 is 5.73 Å². The minimum absolute atomic E-state index is 0.0193. The summed E-state index contributed by atoms with van der Waals surface area (Å²) in [6.07, 6.45) is 1.66. The lowest BCUT2D eigenvalue weighted by Gasteiger charge is -2.28. The summed E-state index contributed by atoms with van der Waals surface area (Å²) in [5.41, 5.74) is 6.40. The molecule has 1 amide bonds. The van der Waals surface area contributed by atoms with Crippen LogP contribution in [-0.4, -0.2) is 41.1 Å². The highest BCUT2D eigenvalue weighted by Crippen LogP contribution is 2.27. The largest absolute Gasteiger partial charge is 0.409 e. The van der Waals surface area contributed by atoms with Gasteiger partial charge in [0.05, 0.1) is 0 Å². The van der Waals surface area contributed by atoms with E-state index in [1.54, 1.807) is 24.1 Å². The Morgan fingerprint density at radius 2 is 2.33 bits per heavy atom. The predicted octanol–water partition coefficient (Wildman–Crippen LogP) is 1.31. The fourth-order valence-electron chi connectivity index (χ4n) is 2.58. The Hall–Kier alpha value is -2.08. The van der Waals surface area contributed by atoms with Gasteiger partial charge in [-0.1, -0.05) is 23.4 Å².